The van der Waals surface area contributed by atoms with Gasteiger partial charge in [-0.1, -0.05) is 27.2 Å². The standard InChI is InChI=1S/C16H30N2O2/c1-14(2)7-5-8-15(3)11(14)6-9-16(4,20)12(15)10-13(19)18-17/h11-12,20H,5-10,17H2,1-4H3,(H,18,19)/t11-,12-,15+,16-/m1/s1. The second-order valence-electron chi connectivity index (χ2n) is 8.12. The lowest BCUT2D eigenvalue weighted by Gasteiger charge is -2.61. The average molecular weight is 282 g/mol. The third-order valence-corrected chi connectivity index (χ3v) is 6.31. The molecule has 4 atom stereocenters. The minimum atomic E-state index is -0.773. The SMILES string of the molecule is CC1(C)CCC[C@@]2(C)[C@@H]1CC[C@@](C)(O)[C@@H]2CC(=O)NN. The van der Waals surface area contributed by atoms with Crippen molar-refractivity contribution in [1.29, 1.82) is 0 Å². The maximum absolute atomic E-state index is 11.8. The van der Waals surface area contributed by atoms with Gasteiger partial charge in [0.15, 0.2) is 0 Å². The van der Waals surface area contributed by atoms with Gasteiger partial charge in [0.25, 0.3) is 0 Å². The number of hydrazine groups is 1. The molecule has 2 saturated carbocycles. The number of hydrogen-bond donors (Lipinski definition) is 3. The maximum Gasteiger partial charge on any atom is 0.234 e. The summed E-state index contributed by atoms with van der Waals surface area (Å²) in [6.45, 7) is 8.86. The van der Waals surface area contributed by atoms with Gasteiger partial charge in [-0.15, -0.1) is 0 Å². The summed E-state index contributed by atoms with van der Waals surface area (Å²) in [6, 6.07) is 0. The molecule has 0 aromatic carbocycles. The molecule has 116 valence electrons. The number of amides is 1. The van der Waals surface area contributed by atoms with Crippen LogP contribution in [0.2, 0.25) is 0 Å². The number of hydrogen-bond acceptors (Lipinski definition) is 3. The molecule has 4 nitrogen and oxygen atoms in total. The zero-order valence-electron chi connectivity index (χ0n) is 13.3. The summed E-state index contributed by atoms with van der Waals surface area (Å²) >= 11 is 0. The number of fused-ring (bicyclic) bond motifs is 1. The molecule has 0 spiro atoms. The van der Waals surface area contributed by atoms with Gasteiger partial charge >= 0.3 is 0 Å². The van der Waals surface area contributed by atoms with Gasteiger partial charge in [-0.3, -0.25) is 10.2 Å². The molecule has 0 saturated heterocycles. The second kappa shape index (κ2) is 4.99. The Morgan fingerprint density at radius 2 is 1.90 bits per heavy atom. The summed E-state index contributed by atoms with van der Waals surface area (Å²) in [7, 11) is 0. The Kier molecular flexibility index (Phi) is 3.93. The Morgan fingerprint density at radius 1 is 1.25 bits per heavy atom. The van der Waals surface area contributed by atoms with Gasteiger partial charge in [0.1, 0.15) is 0 Å². The largest absolute Gasteiger partial charge is 0.390 e. The first-order valence-electron chi connectivity index (χ1n) is 7.85. The van der Waals surface area contributed by atoms with Crippen molar-refractivity contribution >= 4 is 5.91 Å². The first-order chi connectivity index (χ1) is 9.13. The van der Waals surface area contributed by atoms with Crippen molar-refractivity contribution in [1.82, 2.24) is 5.43 Å². The van der Waals surface area contributed by atoms with Crippen LogP contribution in [-0.2, 0) is 4.79 Å². The lowest BCUT2D eigenvalue weighted by molar-refractivity contribution is -0.173. The Morgan fingerprint density at radius 3 is 2.50 bits per heavy atom. The third-order valence-electron chi connectivity index (χ3n) is 6.31. The van der Waals surface area contributed by atoms with E-state index in [1.165, 1.54) is 12.8 Å². The highest BCUT2D eigenvalue weighted by atomic mass is 16.3. The number of rotatable bonds is 2. The molecule has 4 heteroatoms. The fourth-order valence-electron chi connectivity index (χ4n) is 5.32. The van der Waals surface area contributed by atoms with E-state index in [0.717, 1.165) is 19.3 Å². The highest BCUT2D eigenvalue weighted by Gasteiger charge is 2.58. The van der Waals surface area contributed by atoms with Crippen LogP contribution in [0.15, 0.2) is 0 Å². The molecular formula is C16H30N2O2. The van der Waals surface area contributed by atoms with Crippen molar-refractivity contribution in [3.8, 4) is 0 Å². The summed E-state index contributed by atoms with van der Waals surface area (Å²) in [6.07, 6.45) is 5.67. The first kappa shape index (κ1) is 15.8. The number of aliphatic hydroxyl groups is 1. The molecule has 0 radical (unpaired) electrons. The Balaban J connectivity index is 2.35. The molecule has 2 fully saturated rings. The lowest BCUT2D eigenvalue weighted by Crippen LogP contribution is -2.58. The van der Waals surface area contributed by atoms with E-state index in [1.54, 1.807) is 0 Å². The van der Waals surface area contributed by atoms with E-state index in [1.807, 2.05) is 6.92 Å². The van der Waals surface area contributed by atoms with Crippen molar-refractivity contribution in [2.75, 3.05) is 0 Å². The minimum absolute atomic E-state index is 0.0168. The van der Waals surface area contributed by atoms with Crippen LogP contribution in [0.3, 0.4) is 0 Å². The summed E-state index contributed by atoms with van der Waals surface area (Å²) < 4.78 is 0. The van der Waals surface area contributed by atoms with E-state index in [-0.39, 0.29) is 17.2 Å². The van der Waals surface area contributed by atoms with Crippen molar-refractivity contribution in [2.45, 2.75) is 71.8 Å². The summed E-state index contributed by atoms with van der Waals surface area (Å²) in [4.78, 5) is 11.8. The summed E-state index contributed by atoms with van der Waals surface area (Å²) in [5.74, 6) is 5.65. The van der Waals surface area contributed by atoms with Gasteiger partial charge in [0.05, 0.1) is 5.60 Å². The molecule has 0 aromatic heterocycles. The molecule has 0 aromatic rings. The normalized spacial score (nSPS) is 43.7. The number of nitrogens with one attached hydrogen (secondary N) is 1. The molecular weight excluding hydrogens is 252 g/mol. The van der Waals surface area contributed by atoms with E-state index in [0.29, 0.717) is 17.8 Å². The van der Waals surface area contributed by atoms with Crippen molar-refractivity contribution < 1.29 is 9.90 Å². The van der Waals surface area contributed by atoms with E-state index >= 15 is 0 Å². The lowest BCUT2D eigenvalue weighted by atomic mass is 9.45. The molecule has 2 rings (SSSR count). The fourth-order valence-corrected chi connectivity index (χ4v) is 5.32. The van der Waals surface area contributed by atoms with Crippen molar-refractivity contribution in [3.05, 3.63) is 0 Å². The summed E-state index contributed by atoms with van der Waals surface area (Å²) in [5.41, 5.74) is 1.78. The molecule has 20 heavy (non-hydrogen) atoms. The van der Waals surface area contributed by atoms with Gasteiger partial charge < -0.3 is 5.11 Å². The number of carbonyl (C=O) groups excluding carboxylic acids is 1. The zero-order valence-corrected chi connectivity index (χ0v) is 13.3. The fraction of sp³-hybridized carbons (Fsp3) is 0.938. The molecule has 0 heterocycles. The minimum Gasteiger partial charge on any atom is -0.390 e. The average Bonchev–Trinajstić information content (AvgIpc) is 2.32. The van der Waals surface area contributed by atoms with E-state index < -0.39 is 5.60 Å². The van der Waals surface area contributed by atoms with Crippen LogP contribution in [0.25, 0.3) is 0 Å². The van der Waals surface area contributed by atoms with Gasteiger partial charge in [0, 0.05) is 12.3 Å². The second-order valence-corrected chi connectivity index (χ2v) is 8.12. The smallest absolute Gasteiger partial charge is 0.234 e. The van der Waals surface area contributed by atoms with E-state index in [9.17, 15) is 9.90 Å². The predicted octanol–water partition coefficient (Wildman–Crippen LogP) is 2.36. The molecule has 2 aliphatic carbocycles. The highest BCUT2D eigenvalue weighted by Crippen LogP contribution is 2.62. The Labute approximate surface area is 122 Å². The Bertz CT molecular complexity index is 392. The molecule has 0 bridgehead atoms. The Hall–Kier alpha value is -0.610. The van der Waals surface area contributed by atoms with Crippen LogP contribution in [0.5, 0.6) is 0 Å². The quantitative estimate of drug-likeness (QED) is 0.413. The number of carbonyl (C=O) groups is 1. The molecule has 4 N–H and O–H groups in total. The molecule has 1 amide bonds. The van der Waals surface area contributed by atoms with E-state index in [4.69, 9.17) is 5.84 Å². The third kappa shape index (κ3) is 2.48. The highest BCUT2D eigenvalue weighted by molar-refractivity contribution is 5.75. The van der Waals surface area contributed by atoms with Gasteiger partial charge in [-0.2, -0.15) is 0 Å². The van der Waals surface area contributed by atoms with Crippen LogP contribution in [0.4, 0.5) is 0 Å². The topological polar surface area (TPSA) is 75.3 Å². The monoisotopic (exact) mass is 282 g/mol. The van der Waals surface area contributed by atoms with Gasteiger partial charge in [-0.25, -0.2) is 5.84 Å². The molecule has 0 aliphatic heterocycles. The molecule has 0 unspecified atom stereocenters. The predicted molar refractivity (Wildman–Crippen MR) is 79.5 cm³/mol. The number of nitrogens with two attached hydrogens (primary N) is 1. The first-order valence-corrected chi connectivity index (χ1v) is 7.85. The van der Waals surface area contributed by atoms with Crippen LogP contribution in [-0.4, -0.2) is 16.6 Å². The van der Waals surface area contributed by atoms with Crippen molar-refractivity contribution in [3.63, 3.8) is 0 Å². The van der Waals surface area contributed by atoms with Gasteiger partial charge in [0.2, 0.25) is 5.91 Å². The van der Waals surface area contributed by atoms with Crippen LogP contribution < -0.4 is 11.3 Å². The maximum atomic E-state index is 11.8. The van der Waals surface area contributed by atoms with Crippen LogP contribution in [0.1, 0.15) is 66.2 Å². The van der Waals surface area contributed by atoms with Crippen molar-refractivity contribution in [2.24, 2.45) is 28.5 Å². The zero-order chi connectivity index (χ0) is 15.2. The summed E-state index contributed by atoms with van der Waals surface area (Å²) in [5, 5.41) is 10.8. The van der Waals surface area contributed by atoms with Gasteiger partial charge in [-0.05, 0) is 49.4 Å². The van der Waals surface area contributed by atoms with Crippen LogP contribution >= 0.6 is 0 Å². The van der Waals surface area contributed by atoms with Crippen LogP contribution in [0, 0.1) is 22.7 Å². The van der Waals surface area contributed by atoms with E-state index in [2.05, 4.69) is 26.2 Å². The molecule has 2 aliphatic rings.